The van der Waals surface area contributed by atoms with Crippen LogP contribution in [0.15, 0.2) is 12.2 Å². The van der Waals surface area contributed by atoms with Crippen LogP contribution < -0.4 is 4.72 Å². The Morgan fingerprint density at radius 3 is 2.14 bits per heavy atom. The third-order valence-electron chi connectivity index (χ3n) is 5.64. The molecule has 0 aromatic carbocycles. The zero-order chi connectivity index (χ0) is 26.3. The highest BCUT2D eigenvalue weighted by molar-refractivity contribution is 7.99. The summed E-state index contributed by atoms with van der Waals surface area (Å²) in [5, 5.41) is 0. The van der Waals surface area contributed by atoms with E-state index in [9.17, 15) is 18.9 Å². The van der Waals surface area contributed by atoms with Gasteiger partial charge < -0.3 is 23.5 Å². The SMILES string of the molecule is CC(=O)OC1C2OC(C(OC(C)=O)C1OC(C)=O)[C@H](N[S@+]([O-])C(C)(C)C)[C@H](C)/C=C\CCCCS2. The summed E-state index contributed by atoms with van der Waals surface area (Å²) >= 11 is -0.00634. The number of rotatable bonds is 5. The van der Waals surface area contributed by atoms with E-state index in [1.807, 2.05) is 33.8 Å². The van der Waals surface area contributed by atoms with Crippen molar-refractivity contribution in [2.45, 2.75) is 108 Å². The molecule has 8 atom stereocenters. The van der Waals surface area contributed by atoms with Gasteiger partial charge in [0.2, 0.25) is 0 Å². The lowest BCUT2D eigenvalue weighted by Gasteiger charge is -2.47. The summed E-state index contributed by atoms with van der Waals surface area (Å²) in [4.78, 5) is 36.2. The van der Waals surface area contributed by atoms with Crippen LogP contribution in [0.25, 0.3) is 0 Å². The second kappa shape index (κ2) is 13.3. The Bertz CT molecular complexity index is 771. The Hall–Kier alpha value is -1.27. The van der Waals surface area contributed by atoms with Gasteiger partial charge in [0, 0.05) is 32.1 Å². The zero-order valence-corrected chi connectivity index (χ0v) is 23.2. The highest BCUT2D eigenvalue weighted by atomic mass is 32.2. The van der Waals surface area contributed by atoms with Gasteiger partial charge in [0.25, 0.3) is 0 Å². The minimum absolute atomic E-state index is 0.169. The van der Waals surface area contributed by atoms with E-state index in [2.05, 4.69) is 10.8 Å². The van der Waals surface area contributed by atoms with Gasteiger partial charge in [-0.2, -0.15) is 0 Å². The van der Waals surface area contributed by atoms with Crippen molar-refractivity contribution in [1.82, 2.24) is 4.72 Å². The number of hydrogen-bond donors (Lipinski definition) is 1. The number of fused-ring (bicyclic) bond motifs is 2. The monoisotopic (exact) mass is 533 g/mol. The molecule has 2 aliphatic rings. The van der Waals surface area contributed by atoms with E-state index < -0.39 is 69.9 Å². The molecule has 0 aromatic heterocycles. The molecule has 2 heterocycles. The van der Waals surface area contributed by atoms with Gasteiger partial charge in [-0.3, -0.25) is 14.4 Å². The first-order chi connectivity index (χ1) is 16.3. The third kappa shape index (κ3) is 8.96. The average molecular weight is 534 g/mol. The standard InChI is InChI=1S/C24H39NO8S2/c1-14-12-10-8-9-11-13-34-23-22(32-17(4)28)21(31-16(3)27)20(30-15(2)26)19(33-23)18(14)25-35(29)24(5,6)7/h10,12,14,18-23,25H,8-9,11,13H2,1-7H3/b12-10-/t14-,18-,19?,20?,21?,22?,23?,35-/m1/s1. The van der Waals surface area contributed by atoms with Crippen molar-refractivity contribution >= 4 is 41.0 Å². The molecule has 11 heteroatoms. The van der Waals surface area contributed by atoms with Crippen LogP contribution in [0, 0.1) is 5.92 Å². The lowest BCUT2D eigenvalue weighted by molar-refractivity contribution is -0.236. The van der Waals surface area contributed by atoms with Crippen LogP contribution >= 0.6 is 11.8 Å². The van der Waals surface area contributed by atoms with Crippen molar-refractivity contribution in [1.29, 1.82) is 0 Å². The van der Waals surface area contributed by atoms with Crippen LogP contribution in [0.3, 0.4) is 0 Å². The van der Waals surface area contributed by atoms with Crippen molar-refractivity contribution in [3.63, 3.8) is 0 Å². The Morgan fingerprint density at radius 2 is 1.57 bits per heavy atom. The maximum Gasteiger partial charge on any atom is 0.303 e. The Kier molecular flexibility index (Phi) is 11.4. The number of allylic oxidation sites excluding steroid dienone is 1. The predicted molar refractivity (Wildman–Crippen MR) is 135 cm³/mol. The molecule has 0 aromatic rings. The topological polar surface area (TPSA) is 123 Å². The summed E-state index contributed by atoms with van der Waals surface area (Å²) < 4.78 is 39.1. The van der Waals surface area contributed by atoms with E-state index in [1.165, 1.54) is 32.5 Å². The minimum atomic E-state index is -1.47. The lowest BCUT2D eigenvalue weighted by Crippen LogP contribution is -2.66. The predicted octanol–water partition coefficient (Wildman–Crippen LogP) is 3.04. The van der Waals surface area contributed by atoms with Crippen LogP contribution in [0.1, 0.15) is 67.7 Å². The molecule has 2 bridgehead atoms. The number of hydrogen-bond acceptors (Lipinski definition) is 10. The molecule has 9 nitrogen and oxygen atoms in total. The molecular formula is C24H39NO8S2. The molecule has 2 rings (SSSR count). The highest BCUT2D eigenvalue weighted by Crippen LogP contribution is 2.37. The molecule has 200 valence electrons. The van der Waals surface area contributed by atoms with Crippen molar-refractivity contribution in [3.8, 4) is 0 Å². The van der Waals surface area contributed by atoms with Crippen molar-refractivity contribution < 1.29 is 37.9 Å². The van der Waals surface area contributed by atoms with E-state index in [0.29, 0.717) is 0 Å². The fourth-order valence-corrected chi connectivity index (χ4v) is 6.16. The second-order valence-electron chi connectivity index (χ2n) is 9.87. The zero-order valence-electron chi connectivity index (χ0n) is 21.6. The summed E-state index contributed by atoms with van der Waals surface area (Å²) in [7, 11) is 0. The summed E-state index contributed by atoms with van der Waals surface area (Å²) in [6.45, 7) is 11.3. The van der Waals surface area contributed by atoms with E-state index in [-0.39, 0.29) is 5.92 Å². The summed E-state index contributed by atoms with van der Waals surface area (Å²) in [6.07, 6.45) is 2.91. The minimum Gasteiger partial charge on any atom is -0.598 e. The molecule has 5 unspecified atom stereocenters. The molecule has 1 fully saturated rings. The number of carbonyl (C=O) groups excluding carboxylic acids is 3. The lowest BCUT2D eigenvalue weighted by atomic mass is 9.88. The van der Waals surface area contributed by atoms with E-state index in [0.717, 1.165) is 25.0 Å². The molecule has 1 saturated heterocycles. The smallest absolute Gasteiger partial charge is 0.303 e. The van der Waals surface area contributed by atoms with Gasteiger partial charge in [-0.05, 0) is 51.7 Å². The van der Waals surface area contributed by atoms with Gasteiger partial charge in [-0.15, -0.1) is 16.5 Å². The fourth-order valence-electron chi connectivity index (χ4n) is 4.00. The summed E-state index contributed by atoms with van der Waals surface area (Å²) in [5.74, 6) is -1.21. The fraction of sp³-hybridized carbons (Fsp3) is 0.792. The maximum absolute atomic E-state index is 13.2. The normalized spacial score (nSPS) is 33.9. The first-order valence-electron chi connectivity index (χ1n) is 11.9. The molecule has 0 spiro atoms. The van der Waals surface area contributed by atoms with Crippen molar-refractivity contribution in [2.75, 3.05) is 5.75 Å². The number of nitrogens with one attached hydrogen (secondary N) is 1. The third-order valence-corrected chi connectivity index (χ3v) is 8.47. The largest absolute Gasteiger partial charge is 0.598 e. The van der Waals surface area contributed by atoms with Crippen LogP contribution in [0.4, 0.5) is 0 Å². The Labute approximate surface area is 215 Å². The summed E-state index contributed by atoms with van der Waals surface area (Å²) in [5.41, 5.74) is -0.678. The quantitative estimate of drug-likeness (QED) is 0.244. The number of carbonyl (C=O) groups is 3. The second-order valence-corrected chi connectivity index (χ2v) is 13.1. The molecule has 0 aliphatic carbocycles. The summed E-state index contributed by atoms with van der Waals surface area (Å²) in [6, 6.07) is -0.561. The number of esters is 3. The van der Waals surface area contributed by atoms with E-state index >= 15 is 0 Å². The highest BCUT2D eigenvalue weighted by Gasteiger charge is 2.55. The first kappa shape index (κ1) is 30.0. The van der Waals surface area contributed by atoms with Crippen LogP contribution in [0.5, 0.6) is 0 Å². The van der Waals surface area contributed by atoms with Crippen LogP contribution in [0.2, 0.25) is 0 Å². The van der Waals surface area contributed by atoms with E-state index in [4.69, 9.17) is 18.9 Å². The molecule has 0 radical (unpaired) electrons. The van der Waals surface area contributed by atoms with Crippen molar-refractivity contribution in [2.24, 2.45) is 5.92 Å². The maximum atomic E-state index is 13.2. The molecule has 0 amide bonds. The van der Waals surface area contributed by atoms with Crippen LogP contribution in [-0.2, 0) is 44.7 Å². The van der Waals surface area contributed by atoms with Crippen LogP contribution in [-0.4, -0.2) is 68.9 Å². The molecule has 0 saturated carbocycles. The Balaban J connectivity index is 2.61. The van der Waals surface area contributed by atoms with Gasteiger partial charge in [0.1, 0.15) is 16.3 Å². The van der Waals surface area contributed by atoms with Gasteiger partial charge in [-0.1, -0.05) is 19.1 Å². The molecule has 1 N–H and O–H groups in total. The molecular weight excluding hydrogens is 494 g/mol. The molecule has 2 aliphatic heterocycles. The Morgan fingerprint density at radius 1 is 1.00 bits per heavy atom. The number of thioether (sulfide) groups is 1. The van der Waals surface area contributed by atoms with Gasteiger partial charge in [-0.25, -0.2) is 0 Å². The van der Waals surface area contributed by atoms with Gasteiger partial charge in [0.05, 0.1) is 6.04 Å². The average Bonchev–Trinajstić information content (AvgIpc) is 2.72. The van der Waals surface area contributed by atoms with Gasteiger partial charge in [0.15, 0.2) is 18.3 Å². The van der Waals surface area contributed by atoms with Crippen molar-refractivity contribution in [3.05, 3.63) is 12.2 Å². The van der Waals surface area contributed by atoms with Gasteiger partial charge >= 0.3 is 17.9 Å². The van der Waals surface area contributed by atoms with E-state index in [1.54, 1.807) is 0 Å². The first-order valence-corrected chi connectivity index (χ1v) is 14.1. The number of ether oxygens (including phenoxy) is 4. The molecule has 35 heavy (non-hydrogen) atoms.